The molecular weight excluding hydrogens is 1700 g/mol. The number of aromatic nitrogens is 21. The molecule has 0 aliphatic rings. The van der Waals surface area contributed by atoms with Gasteiger partial charge in [0.1, 0.15) is 99.3 Å². The standard InChI is InChI=1S/C45H21N9.C36H18N6.C36H54N6/c1-4-10-28-22(7-1)13-25-16-34-37(19-31(25)46-28)52-43-40(49-34)41-44(53-38-20-32-26(17-35(38)50-41)14-23-8-2-5-11-29(23)47-32)45-42(43)51-36-18-27-15-24-9-3-6-12-30(24)48-33(27)21-39(36)54-45;1-2-8-20-14-26-25(13-19(20)7-1)37-31-32(38-26)34-36(42-30-18-24-12-6-5-11-23(24)17-29(30)40-34)35-33(31)39-27-15-21-9-3-4-10-22(21)16-28(27)41-35;1-4-7-10-13-16-19-22-28-25-37-31-34(40-28)32-36(42-29(26-38-32)23-20-17-14-11-8-5-2)33-35(31)41-30(27-39-33)24-21-18-15-12-9-6-3/h1-21H;1-18H;25-27H,4-24H2,1-3H3. The van der Waals surface area contributed by atoms with Gasteiger partial charge in [0, 0.05) is 50.9 Å². The number of rotatable bonds is 21. The summed E-state index contributed by atoms with van der Waals surface area (Å²) in [4.78, 5) is 108. The van der Waals surface area contributed by atoms with E-state index < -0.39 is 0 Å². The highest BCUT2D eigenvalue weighted by Gasteiger charge is 2.25. The van der Waals surface area contributed by atoms with E-state index in [0.717, 1.165) is 236 Å². The first kappa shape index (κ1) is 83.5. The van der Waals surface area contributed by atoms with Crippen LogP contribution in [0.1, 0.15) is 153 Å². The van der Waals surface area contributed by atoms with Crippen molar-refractivity contribution < 1.29 is 0 Å². The number of nitrogens with zero attached hydrogens (tertiary/aromatic N) is 21. The fraction of sp³-hybridized carbons (Fsp3) is 0.205. The zero-order valence-electron chi connectivity index (χ0n) is 77.0. The fourth-order valence-corrected chi connectivity index (χ4v) is 20.1. The number of unbranched alkanes of at least 4 members (excludes halogenated alkanes) is 15. The van der Waals surface area contributed by atoms with Crippen LogP contribution < -0.4 is 0 Å². The number of aryl methyl sites for hydroxylation is 3. The van der Waals surface area contributed by atoms with E-state index in [0.29, 0.717) is 82.8 Å². The molecule has 27 aromatic rings. The lowest BCUT2D eigenvalue weighted by atomic mass is 10.1. The predicted molar refractivity (Wildman–Crippen MR) is 564 cm³/mol. The van der Waals surface area contributed by atoms with Crippen molar-refractivity contribution in [2.24, 2.45) is 0 Å². The van der Waals surface area contributed by atoms with E-state index in [2.05, 4.69) is 148 Å². The molecule has 21 nitrogen and oxygen atoms in total. The van der Waals surface area contributed by atoms with Gasteiger partial charge < -0.3 is 0 Å². The number of hydrogen-bond acceptors (Lipinski definition) is 21. The van der Waals surface area contributed by atoms with Crippen LogP contribution in [-0.4, -0.2) is 105 Å². The summed E-state index contributed by atoms with van der Waals surface area (Å²) in [6.45, 7) is 6.80. The Morgan fingerprint density at radius 2 is 0.319 bits per heavy atom. The van der Waals surface area contributed by atoms with E-state index in [-0.39, 0.29) is 0 Å². The Morgan fingerprint density at radius 1 is 0.138 bits per heavy atom. The van der Waals surface area contributed by atoms with Crippen LogP contribution in [0.15, 0.2) is 255 Å². The van der Waals surface area contributed by atoms with Crippen LogP contribution in [0.2, 0.25) is 0 Å². The van der Waals surface area contributed by atoms with E-state index >= 15 is 0 Å². The fourth-order valence-electron chi connectivity index (χ4n) is 20.1. The number of benzene rings is 15. The van der Waals surface area contributed by atoms with Gasteiger partial charge in [-0.3, -0.25) is 15.0 Å². The molecule has 0 saturated heterocycles. The summed E-state index contributed by atoms with van der Waals surface area (Å²) in [5.41, 5.74) is 30.2. The summed E-state index contributed by atoms with van der Waals surface area (Å²) < 4.78 is 0. The number of para-hydroxylation sites is 3. The van der Waals surface area contributed by atoms with E-state index in [1.54, 1.807) is 0 Å². The molecule has 0 aliphatic carbocycles. The zero-order chi connectivity index (χ0) is 91.8. The highest BCUT2D eigenvalue weighted by atomic mass is 15.0. The summed E-state index contributed by atoms with van der Waals surface area (Å²) in [5, 5.41) is 12.9. The van der Waals surface area contributed by atoms with Gasteiger partial charge in [-0.2, -0.15) is 0 Å². The summed E-state index contributed by atoms with van der Waals surface area (Å²) in [6.07, 6.45) is 31.5. The highest BCUT2D eigenvalue weighted by molar-refractivity contribution is 6.25. The molecule has 0 unspecified atom stereocenters. The highest BCUT2D eigenvalue weighted by Crippen LogP contribution is 2.41. The van der Waals surface area contributed by atoms with Gasteiger partial charge in [0.05, 0.1) is 116 Å². The third-order valence-corrected chi connectivity index (χ3v) is 27.3. The van der Waals surface area contributed by atoms with E-state index in [1.807, 2.05) is 128 Å². The van der Waals surface area contributed by atoms with Crippen LogP contribution in [0.4, 0.5) is 0 Å². The molecule has 27 rings (SSSR count). The summed E-state index contributed by atoms with van der Waals surface area (Å²) in [7, 11) is 0. The Balaban J connectivity index is 0.000000111. The second-order valence-electron chi connectivity index (χ2n) is 37.0. The number of fused-ring (bicyclic) bond motifs is 33. The van der Waals surface area contributed by atoms with Gasteiger partial charge in [-0.25, -0.2) is 89.7 Å². The van der Waals surface area contributed by atoms with Crippen LogP contribution in [-0.2, 0) is 19.3 Å². The van der Waals surface area contributed by atoms with Gasteiger partial charge in [-0.05, 0) is 180 Å². The molecule has 0 atom stereocenters. The zero-order valence-corrected chi connectivity index (χ0v) is 77.0. The minimum Gasteiger partial charge on any atom is -0.250 e. The van der Waals surface area contributed by atoms with Crippen LogP contribution >= 0.6 is 0 Å². The molecule has 12 aromatic heterocycles. The van der Waals surface area contributed by atoms with Crippen LogP contribution in [0, 0.1) is 0 Å². The Hall–Kier alpha value is -16.3. The minimum atomic E-state index is 0.602. The van der Waals surface area contributed by atoms with Gasteiger partial charge in [-0.1, -0.05) is 244 Å². The lowest BCUT2D eigenvalue weighted by Gasteiger charge is -2.12. The normalized spacial score (nSPS) is 12.2. The monoisotopic (exact) mass is 1790 g/mol. The third-order valence-electron chi connectivity index (χ3n) is 27.3. The molecule has 0 N–H and O–H groups in total. The predicted octanol–water partition coefficient (Wildman–Crippen LogP) is 28.7. The van der Waals surface area contributed by atoms with Crippen molar-refractivity contribution >= 4 is 263 Å². The molecule has 0 saturated carbocycles. The number of pyridine rings is 3. The maximum Gasteiger partial charge on any atom is 0.120 e. The van der Waals surface area contributed by atoms with Crippen molar-refractivity contribution in [3.05, 3.63) is 272 Å². The second-order valence-corrected chi connectivity index (χ2v) is 37.0. The third kappa shape index (κ3) is 15.6. The smallest absolute Gasteiger partial charge is 0.120 e. The van der Waals surface area contributed by atoms with Crippen LogP contribution in [0.25, 0.3) is 263 Å². The van der Waals surface area contributed by atoms with E-state index in [1.165, 1.54) is 96.3 Å². The average molecular weight is 1790 g/mol. The lowest BCUT2D eigenvalue weighted by Crippen LogP contribution is -2.03. The molecule has 0 amide bonds. The van der Waals surface area contributed by atoms with Gasteiger partial charge in [0.15, 0.2) is 0 Å². The first-order chi connectivity index (χ1) is 68.1. The van der Waals surface area contributed by atoms with Gasteiger partial charge in [-0.15, -0.1) is 0 Å². The first-order valence-electron chi connectivity index (χ1n) is 48.9. The maximum atomic E-state index is 5.28. The maximum absolute atomic E-state index is 5.28. The Bertz CT molecular complexity index is 8300. The van der Waals surface area contributed by atoms with E-state index in [9.17, 15) is 0 Å². The number of hydrogen-bond donors (Lipinski definition) is 0. The Kier molecular flexibility index (Phi) is 21.5. The summed E-state index contributed by atoms with van der Waals surface area (Å²) in [5.74, 6) is 0. The van der Waals surface area contributed by atoms with Gasteiger partial charge in [0.2, 0.25) is 0 Å². The van der Waals surface area contributed by atoms with Crippen molar-refractivity contribution in [3.63, 3.8) is 0 Å². The van der Waals surface area contributed by atoms with Crippen molar-refractivity contribution in [1.29, 1.82) is 0 Å². The van der Waals surface area contributed by atoms with Crippen molar-refractivity contribution in [2.45, 2.75) is 156 Å². The molecule has 0 radical (unpaired) electrons. The largest absolute Gasteiger partial charge is 0.250 e. The Labute approximate surface area is 790 Å². The molecular formula is C117H93N21. The van der Waals surface area contributed by atoms with Crippen molar-refractivity contribution in [1.82, 2.24) is 105 Å². The molecule has 0 bridgehead atoms. The van der Waals surface area contributed by atoms with E-state index in [4.69, 9.17) is 105 Å². The average Bonchev–Trinajstić information content (AvgIpc) is 0.718. The van der Waals surface area contributed by atoms with Gasteiger partial charge in [0.25, 0.3) is 0 Å². The molecule has 15 aromatic carbocycles. The molecule has 0 aliphatic heterocycles. The SMILES string of the molecule is CCCCCCCCc1cnc2c(n1)c1ncc(CCCCCCCC)nc1c1ncc(CCCCCCCC)nc21.c1ccc2cc3nc4c(nc3cc2c1)c1nc2cc3ccccc3cc2nc1c1nc2cc3ccccc3cc2nc41.c1ccc2nc3cc4nc5c(nc4cc3cc2c1)c1nc2cc3cc4ccccc4nc3cc2nc1c1nc2cc3nc4ccccc4cc3cc2nc51. The quantitative estimate of drug-likeness (QED) is 0.0367. The second kappa shape index (κ2) is 35.5. The van der Waals surface area contributed by atoms with Crippen molar-refractivity contribution in [3.8, 4) is 0 Å². The topological polar surface area (TPSA) is 271 Å². The summed E-state index contributed by atoms with van der Waals surface area (Å²) in [6, 6.07) is 80.4. The van der Waals surface area contributed by atoms with Crippen LogP contribution in [0.3, 0.4) is 0 Å². The molecule has 12 heterocycles. The molecule has 666 valence electrons. The molecule has 21 heteroatoms. The Morgan fingerprint density at radius 3 is 0.543 bits per heavy atom. The first-order valence-corrected chi connectivity index (χ1v) is 48.9. The lowest BCUT2D eigenvalue weighted by molar-refractivity contribution is 0.604. The van der Waals surface area contributed by atoms with Crippen molar-refractivity contribution in [2.75, 3.05) is 0 Å². The molecule has 0 fully saturated rings. The van der Waals surface area contributed by atoms with Gasteiger partial charge >= 0.3 is 0 Å². The minimum absolute atomic E-state index is 0.602. The summed E-state index contributed by atoms with van der Waals surface area (Å²) >= 11 is 0. The molecule has 138 heavy (non-hydrogen) atoms. The van der Waals surface area contributed by atoms with Crippen LogP contribution in [0.5, 0.6) is 0 Å². The molecule has 0 spiro atoms.